The predicted octanol–water partition coefficient (Wildman–Crippen LogP) is 5.43. The number of hydrogen-bond acceptors (Lipinski definition) is 2. The Hall–Kier alpha value is -2.99. The molecule has 1 amide bonds. The van der Waals surface area contributed by atoms with Crippen LogP contribution in [0.2, 0.25) is 0 Å². The second-order valence-corrected chi connectivity index (χ2v) is 7.18. The molecule has 4 nitrogen and oxygen atoms in total. The van der Waals surface area contributed by atoms with E-state index >= 15 is 0 Å². The van der Waals surface area contributed by atoms with E-state index in [2.05, 4.69) is 4.85 Å². The van der Waals surface area contributed by atoms with Crippen LogP contribution >= 0.6 is 12.2 Å². The minimum Gasteiger partial charge on any atom is -0.301 e. The normalized spacial score (nSPS) is 19.6. The maximum absolute atomic E-state index is 14.0. The first-order chi connectivity index (χ1) is 13.5. The lowest BCUT2D eigenvalue weighted by Gasteiger charge is -2.30. The molecule has 1 saturated heterocycles. The molecule has 0 bridgehead atoms. The molecule has 150 valence electrons. The van der Waals surface area contributed by atoms with E-state index in [9.17, 15) is 22.4 Å². The van der Waals surface area contributed by atoms with Gasteiger partial charge in [-0.15, -0.1) is 0 Å². The fourth-order valence-corrected chi connectivity index (χ4v) is 3.65. The molecule has 0 radical (unpaired) electrons. The highest BCUT2D eigenvalue weighted by molar-refractivity contribution is 7.81. The number of hydrogen-bond donors (Lipinski definition) is 0. The summed E-state index contributed by atoms with van der Waals surface area (Å²) in [6.45, 7) is 9.05. The summed E-state index contributed by atoms with van der Waals surface area (Å²) in [5.74, 6) is -0.783. The molecule has 0 N–H and O–H groups in total. The minimum absolute atomic E-state index is 0.136. The molecule has 1 unspecified atom stereocenters. The van der Waals surface area contributed by atoms with E-state index in [1.165, 1.54) is 17.9 Å². The maximum atomic E-state index is 14.0. The van der Waals surface area contributed by atoms with E-state index in [-0.39, 0.29) is 10.8 Å². The van der Waals surface area contributed by atoms with E-state index < -0.39 is 35.5 Å². The molecule has 1 fully saturated rings. The van der Waals surface area contributed by atoms with Gasteiger partial charge in [0, 0.05) is 11.4 Å². The first-order valence-corrected chi connectivity index (χ1v) is 8.85. The monoisotopic (exact) mass is 421 g/mol. The molecule has 1 heterocycles. The first-order valence-electron chi connectivity index (χ1n) is 8.44. The highest BCUT2D eigenvalue weighted by Crippen LogP contribution is 2.42. The molecule has 0 spiro atoms. The zero-order chi connectivity index (χ0) is 21.6. The van der Waals surface area contributed by atoms with Crippen LogP contribution in [0, 0.1) is 13.5 Å². The Labute approximate surface area is 170 Å². The third-order valence-electron chi connectivity index (χ3n) is 4.76. The molecule has 9 heteroatoms. The molecule has 1 aliphatic rings. The van der Waals surface area contributed by atoms with Crippen molar-refractivity contribution in [2.24, 2.45) is 0 Å². The molecular weight excluding hydrogens is 406 g/mol. The topological polar surface area (TPSA) is 27.9 Å². The molecule has 2 aromatic rings. The summed E-state index contributed by atoms with van der Waals surface area (Å²) in [4.78, 5) is 18.1. The highest BCUT2D eigenvalue weighted by Gasteiger charge is 2.54. The Morgan fingerprint density at radius 2 is 1.72 bits per heavy atom. The minimum atomic E-state index is -4.79. The summed E-state index contributed by atoms with van der Waals surface area (Å²) in [7, 11) is 0. The molecule has 0 aliphatic carbocycles. The largest absolute Gasteiger partial charge is 0.407 e. The predicted molar refractivity (Wildman–Crippen MR) is 106 cm³/mol. The average Bonchev–Trinajstić information content (AvgIpc) is 2.88. The summed E-state index contributed by atoms with van der Waals surface area (Å²) in [6.07, 6.45) is -4.79. The van der Waals surface area contributed by atoms with Gasteiger partial charge in [-0.1, -0.05) is 23.8 Å². The van der Waals surface area contributed by atoms with Crippen molar-refractivity contribution in [1.29, 1.82) is 0 Å². The van der Waals surface area contributed by atoms with Gasteiger partial charge in [0.2, 0.25) is 0 Å². The number of halogens is 4. The molecule has 1 aliphatic heterocycles. The van der Waals surface area contributed by atoms with Crippen LogP contribution in [-0.2, 0) is 11.0 Å². The Kier molecular flexibility index (Phi) is 5.09. The van der Waals surface area contributed by atoms with Gasteiger partial charge in [0.1, 0.15) is 6.67 Å². The lowest BCUT2D eigenvalue weighted by atomic mass is 10.0. The second-order valence-electron chi connectivity index (χ2n) is 6.81. The van der Waals surface area contributed by atoms with Crippen LogP contribution in [0.25, 0.3) is 4.85 Å². The lowest BCUT2D eigenvalue weighted by molar-refractivity contribution is -0.136. The van der Waals surface area contributed by atoms with E-state index in [1.807, 2.05) is 6.92 Å². The van der Waals surface area contributed by atoms with Gasteiger partial charge < -0.3 is 4.90 Å². The van der Waals surface area contributed by atoms with Gasteiger partial charge in [-0.25, -0.2) is 9.24 Å². The lowest BCUT2D eigenvalue weighted by Crippen LogP contribution is -2.49. The molecule has 29 heavy (non-hydrogen) atoms. The standard InChI is InChI=1S/C20H15F4N3OS/c1-12-4-6-13(7-5-12)27-18(29)26(17(28)19(27,2)11-21)14-8-9-16(25-3)15(10-14)20(22,23)24/h4-10H,11H2,1-2H3. The van der Waals surface area contributed by atoms with Crippen LogP contribution in [0.4, 0.5) is 34.6 Å². The number of anilines is 2. The van der Waals surface area contributed by atoms with Gasteiger partial charge in [-0.2, -0.15) is 13.2 Å². The second kappa shape index (κ2) is 7.12. The van der Waals surface area contributed by atoms with Gasteiger partial charge >= 0.3 is 6.18 Å². The van der Waals surface area contributed by atoms with Crippen molar-refractivity contribution in [2.45, 2.75) is 25.6 Å². The van der Waals surface area contributed by atoms with Crippen LogP contribution < -0.4 is 9.80 Å². The first kappa shape index (κ1) is 20.7. The number of alkyl halides is 4. The summed E-state index contributed by atoms with van der Waals surface area (Å²) in [5.41, 5.74) is -2.27. The van der Waals surface area contributed by atoms with Crippen LogP contribution in [0.1, 0.15) is 18.1 Å². The number of nitrogens with zero attached hydrogens (tertiary/aromatic N) is 3. The average molecular weight is 421 g/mol. The van der Waals surface area contributed by atoms with Crippen molar-refractivity contribution < 1.29 is 22.4 Å². The zero-order valence-corrected chi connectivity index (χ0v) is 16.2. The Morgan fingerprint density at radius 1 is 1.14 bits per heavy atom. The van der Waals surface area contributed by atoms with E-state index in [0.29, 0.717) is 11.8 Å². The van der Waals surface area contributed by atoms with Crippen LogP contribution in [0.5, 0.6) is 0 Å². The summed E-state index contributed by atoms with van der Waals surface area (Å²) in [6, 6.07) is 9.71. The fraction of sp³-hybridized carbons (Fsp3) is 0.250. The molecule has 3 rings (SSSR count). The smallest absolute Gasteiger partial charge is 0.301 e. The number of thiocarbonyl (C=S) groups is 1. The zero-order valence-electron chi connectivity index (χ0n) is 15.4. The van der Waals surface area contributed by atoms with Gasteiger partial charge in [0.05, 0.1) is 12.1 Å². The van der Waals surface area contributed by atoms with Crippen LogP contribution in [-0.4, -0.2) is 23.2 Å². The number of rotatable bonds is 3. The van der Waals surface area contributed by atoms with Gasteiger partial charge in [0.15, 0.2) is 16.3 Å². The van der Waals surface area contributed by atoms with E-state index in [0.717, 1.165) is 16.5 Å². The van der Waals surface area contributed by atoms with Crippen molar-refractivity contribution >= 4 is 40.3 Å². The molecule has 2 aromatic carbocycles. The number of amides is 1. The third-order valence-corrected chi connectivity index (χ3v) is 5.12. The summed E-state index contributed by atoms with van der Waals surface area (Å²) in [5, 5.41) is -0.136. The Morgan fingerprint density at radius 3 is 2.24 bits per heavy atom. The molecule has 0 saturated carbocycles. The van der Waals surface area contributed by atoms with Crippen molar-refractivity contribution in [3.8, 4) is 0 Å². The van der Waals surface area contributed by atoms with Crippen molar-refractivity contribution in [2.75, 3.05) is 16.5 Å². The summed E-state index contributed by atoms with van der Waals surface area (Å²) >= 11 is 5.37. The van der Waals surface area contributed by atoms with Crippen molar-refractivity contribution in [1.82, 2.24) is 0 Å². The number of aryl methyl sites for hydroxylation is 1. The number of carbonyl (C=O) groups excluding carboxylic acids is 1. The third kappa shape index (κ3) is 3.34. The quantitative estimate of drug-likeness (QED) is 0.376. The van der Waals surface area contributed by atoms with E-state index in [1.54, 1.807) is 24.3 Å². The maximum Gasteiger partial charge on any atom is 0.407 e. The fourth-order valence-electron chi connectivity index (χ4n) is 3.16. The summed E-state index contributed by atoms with van der Waals surface area (Å²) < 4.78 is 54.1. The molecule has 1 atom stereocenters. The molecular formula is C20H15F4N3OS. The van der Waals surface area contributed by atoms with Crippen LogP contribution in [0.3, 0.4) is 0 Å². The Balaban J connectivity index is 2.14. The van der Waals surface area contributed by atoms with Crippen molar-refractivity contribution in [3.05, 3.63) is 65.0 Å². The number of benzene rings is 2. The van der Waals surface area contributed by atoms with E-state index in [4.69, 9.17) is 18.8 Å². The molecule has 0 aromatic heterocycles. The SMILES string of the molecule is [C-]#[N+]c1ccc(N2C(=O)C(C)(CF)N(c3ccc(C)cc3)C2=S)cc1C(F)(F)F. The van der Waals surface area contributed by atoms with Gasteiger partial charge in [-0.3, -0.25) is 9.69 Å². The van der Waals surface area contributed by atoms with Gasteiger partial charge in [-0.05, 0) is 50.3 Å². The highest BCUT2D eigenvalue weighted by atomic mass is 32.1. The van der Waals surface area contributed by atoms with Crippen LogP contribution in [0.15, 0.2) is 42.5 Å². The van der Waals surface area contributed by atoms with Crippen molar-refractivity contribution in [3.63, 3.8) is 0 Å². The van der Waals surface area contributed by atoms with Gasteiger partial charge in [0.25, 0.3) is 5.91 Å². The Bertz CT molecular complexity index is 1030. The number of carbonyl (C=O) groups is 1.